The van der Waals surface area contributed by atoms with Gasteiger partial charge in [0, 0.05) is 38.1 Å². The second-order valence-electron chi connectivity index (χ2n) is 4.98. The monoisotopic (exact) mass is 307 g/mol. The zero-order valence-corrected chi connectivity index (χ0v) is 11.9. The molecular weight excluding hydrogens is 294 g/mol. The van der Waals surface area contributed by atoms with Crippen LogP contribution in [-0.4, -0.2) is 45.8 Å². The highest BCUT2D eigenvalue weighted by atomic mass is 35.5. The Hall–Kier alpha value is -2.15. The smallest absolute Gasteiger partial charge is 0.404 e. The summed E-state index contributed by atoms with van der Waals surface area (Å²) in [6.07, 6.45) is 3.15. The fourth-order valence-corrected chi connectivity index (χ4v) is 2.75. The van der Waals surface area contributed by atoms with Crippen LogP contribution in [0.2, 0.25) is 5.15 Å². The van der Waals surface area contributed by atoms with E-state index in [1.54, 1.807) is 18.5 Å². The number of aromatic nitrogens is 3. The molecule has 1 unspecified atom stereocenters. The summed E-state index contributed by atoms with van der Waals surface area (Å²) < 4.78 is 0. The summed E-state index contributed by atoms with van der Waals surface area (Å²) in [5.74, 6) is 0.969. The summed E-state index contributed by atoms with van der Waals surface area (Å²) in [6, 6.07) is 1.69. The molecule has 0 bridgehead atoms. The topological polar surface area (TPSA) is 91.2 Å². The molecule has 1 saturated heterocycles. The fraction of sp³-hybridized carbons (Fsp3) is 0.385. The molecule has 1 fully saturated rings. The molecular formula is C13H14ClN5O2. The lowest BCUT2D eigenvalue weighted by atomic mass is 10.1. The van der Waals surface area contributed by atoms with E-state index in [4.69, 9.17) is 16.7 Å². The molecule has 1 atom stereocenters. The van der Waals surface area contributed by atoms with Gasteiger partial charge in [-0.25, -0.2) is 14.8 Å². The standard InChI is InChI=1S/C13H14ClN5O2/c14-10-5-9-11(16-3-2-15-9)12(18-10)19-4-1-8(7-19)6-17-13(20)21/h2-3,5,8,17H,1,4,6-7H2,(H,20,21). The van der Waals surface area contributed by atoms with Crippen molar-refractivity contribution in [3.63, 3.8) is 0 Å². The summed E-state index contributed by atoms with van der Waals surface area (Å²) >= 11 is 6.05. The van der Waals surface area contributed by atoms with Crippen LogP contribution in [0, 0.1) is 5.92 Å². The van der Waals surface area contributed by atoms with Gasteiger partial charge in [0.15, 0.2) is 5.82 Å². The average molecular weight is 308 g/mol. The number of carbonyl (C=O) groups is 1. The Balaban J connectivity index is 1.83. The van der Waals surface area contributed by atoms with Crippen LogP contribution in [0.3, 0.4) is 0 Å². The van der Waals surface area contributed by atoms with Gasteiger partial charge < -0.3 is 15.3 Å². The van der Waals surface area contributed by atoms with Gasteiger partial charge in [0.2, 0.25) is 0 Å². The minimum atomic E-state index is -0.995. The van der Waals surface area contributed by atoms with E-state index >= 15 is 0 Å². The van der Waals surface area contributed by atoms with Crippen LogP contribution in [0.15, 0.2) is 18.5 Å². The highest BCUT2D eigenvalue weighted by molar-refractivity contribution is 6.30. The van der Waals surface area contributed by atoms with Gasteiger partial charge in [0.25, 0.3) is 0 Å². The van der Waals surface area contributed by atoms with Crippen molar-refractivity contribution in [3.05, 3.63) is 23.6 Å². The Morgan fingerprint density at radius 2 is 2.29 bits per heavy atom. The number of anilines is 1. The van der Waals surface area contributed by atoms with E-state index in [2.05, 4.69) is 25.2 Å². The summed E-state index contributed by atoms with van der Waals surface area (Å²) in [7, 11) is 0. The molecule has 2 N–H and O–H groups in total. The number of amides is 1. The summed E-state index contributed by atoms with van der Waals surface area (Å²) in [5.41, 5.74) is 1.42. The molecule has 0 aromatic carbocycles. The van der Waals surface area contributed by atoms with Crippen LogP contribution in [0.5, 0.6) is 0 Å². The quantitative estimate of drug-likeness (QED) is 0.840. The van der Waals surface area contributed by atoms with Crippen molar-refractivity contribution in [3.8, 4) is 0 Å². The molecule has 0 spiro atoms. The van der Waals surface area contributed by atoms with Gasteiger partial charge >= 0.3 is 6.09 Å². The predicted octanol–water partition coefficient (Wildman–Crippen LogP) is 1.77. The third-order valence-electron chi connectivity index (χ3n) is 3.53. The number of pyridine rings is 1. The first-order valence-corrected chi connectivity index (χ1v) is 7.00. The second kappa shape index (κ2) is 5.69. The molecule has 1 aliphatic rings. The number of hydrogen-bond acceptors (Lipinski definition) is 5. The van der Waals surface area contributed by atoms with Crippen molar-refractivity contribution in [2.75, 3.05) is 24.5 Å². The van der Waals surface area contributed by atoms with Crippen molar-refractivity contribution < 1.29 is 9.90 Å². The van der Waals surface area contributed by atoms with E-state index in [-0.39, 0.29) is 5.92 Å². The molecule has 3 rings (SSSR count). The molecule has 1 amide bonds. The number of halogens is 1. The largest absolute Gasteiger partial charge is 0.465 e. The first kappa shape index (κ1) is 13.8. The lowest BCUT2D eigenvalue weighted by Gasteiger charge is -2.19. The second-order valence-corrected chi connectivity index (χ2v) is 5.37. The maximum atomic E-state index is 10.6. The summed E-state index contributed by atoms with van der Waals surface area (Å²) in [4.78, 5) is 25.6. The lowest BCUT2D eigenvalue weighted by molar-refractivity contribution is 0.192. The molecule has 8 heteroatoms. The van der Waals surface area contributed by atoms with Crippen molar-refractivity contribution in [1.82, 2.24) is 20.3 Å². The van der Waals surface area contributed by atoms with Gasteiger partial charge in [-0.3, -0.25) is 4.98 Å². The Labute approximate surface area is 126 Å². The lowest BCUT2D eigenvalue weighted by Crippen LogP contribution is -2.30. The zero-order valence-electron chi connectivity index (χ0n) is 11.2. The van der Waals surface area contributed by atoms with E-state index < -0.39 is 6.09 Å². The average Bonchev–Trinajstić information content (AvgIpc) is 2.93. The minimum Gasteiger partial charge on any atom is -0.465 e. The van der Waals surface area contributed by atoms with Crippen LogP contribution in [-0.2, 0) is 0 Å². The maximum absolute atomic E-state index is 10.6. The zero-order chi connectivity index (χ0) is 14.8. The molecule has 0 aliphatic carbocycles. The van der Waals surface area contributed by atoms with E-state index in [0.29, 0.717) is 28.5 Å². The number of rotatable bonds is 3. The Bertz CT molecular complexity index is 681. The molecule has 7 nitrogen and oxygen atoms in total. The molecule has 3 heterocycles. The third kappa shape index (κ3) is 2.97. The van der Waals surface area contributed by atoms with E-state index in [9.17, 15) is 4.79 Å². The molecule has 1 aliphatic heterocycles. The highest BCUT2D eigenvalue weighted by Gasteiger charge is 2.26. The number of fused-ring (bicyclic) bond motifs is 1. The first-order valence-electron chi connectivity index (χ1n) is 6.62. The fourth-order valence-electron chi connectivity index (χ4n) is 2.57. The normalized spacial score (nSPS) is 18.1. The number of hydrogen-bond donors (Lipinski definition) is 2. The van der Waals surface area contributed by atoms with Crippen molar-refractivity contribution in [1.29, 1.82) is 0 Å². The maximum Gasteiger partial charge on any atom is 0.404 e. The Morgan fingerprint density at radius 1 is 1.48 bits per heavy atom. The van der Waals surface area contributed by atoms with Gasteiger partial charge in [-0.05, 0) is 12.3 Å². The van der Waals surface area contributed by atoms with Gasteiger partial charge in [-0.1, -0.05) is 11.6 Å². The van der Waals surface area contributed by atoms with Crippen molar-refractivity contribution in [2.24, 2.45) is 5.92 Å². The minimum absolute atomic E-state index is 0.258. The van der Waals surface area contributed by atoms with Gasteiger partial charge in [-0.2, -0.15) is 0 Å². The Kier molecular flexibility index (Phi) is 3.74. The first-order chi connectivity index (χ1) is 10.1. The van der Waals surface area contributed by atoms with Gasteiger partial charge in [0.1, 0.15) is 10.7 Å². The van der Waals surface area contributed by atoms with Gasteiger partial charge in [0.05, 0.1) is 5.52 Å². The molecule has 21 heavy (non-hydrogen) atoms. The molecule has 2 aromatic rings. The van der Waals surface area contributed by atoms with Crippen LogP contribution in [0.1, 0.15) is 6.42 Å². The molecule has 0 saturated carbocycles. The predicted molar refractivity (Wildman–Crippen MR) is 78.7 cm³/mol. The van der Waals surface area contributed by atoms with Crippen molar-refractivity contribution in [2.45, 2.75) is 6.42 Å². The van der Waals surface area contributed by atoms with Gasteiger partial charge in [-0.15, -0.1) is 0 Å². The summed E-state index contributed by atoms with van der Waals surface area (Å²) in [6.45, 7) is 1.96. The molecule has 110 valence electrons. The third-order valence-corrected chi connectivity index (χ3v) is 3.73. The van der Waals surface area contributed by atoms with E-state index in [1.807, 2.05) is 0 Å². The van der Waals surface area contributed by atoms with Crippen molar-refractivity contribution >= 4 is 34.5 Å². The van der Waals surface area contributed by atoms with Crippen LogP contribution >= 0.6 is 11.6 Å². The molecule has 0 radical (unpaired) electrons. The van der Waals surface area contributed by atoms with E-state index in [0.717, 1.165) is 19.5 Å². The number of nitrogens with zero attached hydrogens (tertiary/aromatic N) is 4. The van der Waals surface area contributed by atoms with E-state index in [1.165, 1.54) is 0 Å². The summed E-state index contributed by atoms with van der Waals surface area (Å²) in [5, 5.41) is 11.5. The van der Waals surface area contributed by atoms with Crippen LogP contribution < -0.4 is 10.2 Å². The highest BCUT2D eigenvalue weighted by Crippen LogP contribution is 2.28. The van der Waals surface area contributed by atoms with Crippen LogP contribution in [0.4, 0.5) is 10.6 Å². The molecule has 2 aromatic heterocycles. The SMILES string of the molecule is O=C(O)NCC1CCN(c2nc(Cl)cc3nccnc23)C1. The van der Waals surface area contributed by atoms with Crippen LogP contribution in [0.25, 0.3) is 11.0 Å². The number of carboxylic acid groups (broad SMARTS) is 1. The number of nitrogens with one attached hydrogen (secondary N) is 1. The Morgan fingerprint density at radius 3 is 3.10 bits per heavy atom.